The molecule has 1 aromatic rings. The van der Waals surface area contributed by atoms with Crippen LogP contribution in [0.3, 0.4) is 0 Å². The largest absolute Gasteiger partial charge is 0.508 e. The molecule has 0 radical (unpaired) electrons. The predicted octanol–water partition coefficient (Wildman–Crippen LogP) is 0.768. The van der Waals surface area contributed by atoms with E-state index in [-0.39, 0.29) is 11.7 Å². The molecular weight excluding hydrogens is 210 g/mol. The molecule has 0 saturated heterocycles. The number of aromatic hydroxyl groups is 1. The molecule has 0 bridgehead atoms. The summed E-state index contributed by atoms with van der Waals surface area (Å²) in [5.41, 5.74) is 6.44. The van der Waals surface area contributed by atoms with Gasteiger partial charge in [-0.25, -0.2) is 4.79 Å². The number of carbonyl (C=O) groups excluding carboxylic acids is 2. The van der Waals surface area contributed by atoms with Gasteiger partial charge in [-0.15, -0.1) is 0 Å². The van der Waals surface area contributed by atoms with Crippen LogP contribution >= 0.6 is 0 Å². The zero-order chi connectivity index (χ0) is 11.7. The second-order valence-corrected chi connectivity index (χ2v) is 3.52. The van der Waals surface area contributed by atoms with E-state index in [1.54, 1.807) is 0 Å². The lowest BCUT2D eigenvalue weighted by Crippen LogP contribution is -2.24. The van der Waals surface area contributed by atoms with Crippen LogP contribution in [0.15, 0.2) is 12.1 Å². The van der Waals surface area contributed by atoms with Gasteiger partial charge in [-0.3, -0.25) is 4.79 Å². The fourth-order valence-electron chi connectivity index (χ4n) is 1.71. The SMILES string of the molecule is NC(=O)Nc1ccc(O)c2c1NC(=O)CC2. The molecule has 1 aromatic carbocycles. The van der Waals surface area contributed by atoms with E-state index in [4.69, 9.17) is 5.73 Å². The first kappa shape index (κ1) is 10.3. The van der Waals surface area contributed by atoms with E-state index >= 15 is 0 Å². The molecule has 0 atom stereocenters. The number of anilines is 2. The van der Waals surface area contributed by atoms with Crippen LogP contribution in [0.25, 0.3) is 0 Å². The molecule has 0 aromatic heterocycles. The molecule has 3 amide bonds. The Morgan fingerprint density at radius 3 is 2.88 bits per heavy atom. The van der Waals surface area contributed by atoms with Crippen LogP contribution < -0.4 is 16.4 Å². The Morgan fingerprint density at radius 1 is 1.44 bits per heavy atom. The normalized spacial score (nSPS) is 13.9. The van der Waals surface area contributed by atoms with Gasteiger partial charge in [-0.05, 0) is 18.6 Å². The standard InChI is InChI=1S/C10H11N3O3/c11-10(16)12-6-2-3-7(14)5-1-4-8(15)13-9(5)6/h2-3,14H,1,4H2,(H,13,15)(H3,11,12,16). The molecule has 1 aliphatic rings. The number of urea groups is 1. The fourth-order valence-corrected chi connectivity index (χ4v) is 1.71. The third kappa shape index (κ3) is 1.77. The molecule has 84 valence electrons. The summed E-state index contributed by atoms with van der Waals surface area (Å²) in [6.07, 6.45) is 0.766. The van der Waals surface area contributed by atoms with Gasteiger partial charge in [-0.1, -0.05) is 0 Å². The Bertz CT molecular complexity index is 471. The summed E-state index contributed by atoms with van der Waals surface area (Å²) >= 11 is 0. The monoisotopic (exact) mass is 221 g/mol. The minimum atomic E-state index is -0.715. The Morgan fingerprint density at radius 2 is 2.19 bits per heavy atom. The molecule has 0 fully saturated rings. The molecule has 0 aliphatic carbocycles. The first-order valence-corrected chi connectivity index (χ1v) is 4.79. The molecule has 0 unspecified atom stereocenters. The van der Waals surface area contributed by atoms with Gasteiger partial charge in [0.25, 0.3) is 0 Å². The van der Waals surface area contributed by atoms with Gasteiger partial charge in [0.05, 0.1) is 11.4 Å². The van der Waals surface area contributed by atoms with Crippen molar-refractivity contribution >= 4 is 23.3 Å². The van der Waals surface area contributed by atoms with Crippen LogP contribution in [-0.4, -0.2) is 17.0 Å². The van der Waals surface area contributed by atoms with Crippen molar-refractivity contribution in [2.24, 2.45) is 5.73 Å². The molecule has 1 heterocycles. The highest BCUT2D eigenvalue weighted by Gasteiger charge is 2.21. The van der Waals surface area contributed by atoms with Crippen LogP contribution in [0, 0.1) is 0 Å². The Labute approximate surface area is 91.4 Å². The quantitative estimate of drug-likeness (QED) is 0.526. The van der Waals surface area contributed by atoms with E-state index in [9.17, 15) is 14.7 Å². The van der Waals surface area contributed by atoms with Gasteiger partial charge in [0.2, 0.25) is 5.91 Å². The number of hydrogen-bond donors (Lipinski definition) is 4. The van der Waals surface area contributed by atoms with Crippen LogP contribution in [-0.2, 0) is 11.2 Å². The van der Waals surface area contributed by atoms with E-state index in [0.717, 1.165) is 0 Å². The number of primary amides is 1. The smallest absolute Gasteiger partial charge is 0.316 e. The predicted molar refractivity (Wildman–Crippen MR) is 58.3 cm³/mol. The van der Waals surface area contributed by atoms with Gasteiger partial charge in [-0.2, -0.15) is 0 Å². The fraction of sp³-hybridized carbons (Fsp3) is 0.200. The van der Waals surface area contributed by atoms with Crippen LogP contribution in [0.5, 0.6) is 5.75 Å². The molecule has 1 aliphatic heterocycles. The van der Waals surface area contributed by atoms with E-state index in [1.807, 2.05) is 0 Å². The Hall–Kier alpha value is -2.24. The number of amides is 3. The van der Waals surface area contributed by atoms with Crippen LogP contribution in [0.1, 0.15) is 12.0 Å². The maximum absolute atomic E-state index is 11.2. The maximum Gasteiger partial charge on any atom is 0.316 e. The van der Waals surface area contributed by atoms with Gasteiger partial charge in [0, 0.05) is 12.0 Å². The number of carbonyl (C=O) groups is 2. The summed E-state index contributed by atoms with van der Waals surface area (Å²) in [6, 6.07) is 2.24. The minimum Gasteiger partial charge on any atom is -0.508 e. The van der Waals surface area contributed by atoms with Gasteiger partial charge >= 0.3 is 6.03 Å². The van der Waals surface area contributed by atoms with Crippen molar-refractivity contribution in [2.45, 2.75) is 12.8 Å². The number of hydrogen-bond acceptors (Lipinski definition) is 3. The minimum absolute atomic E-state index is 0.102. The van der Waals surface area contributed by atoms with Crippen LogP contribution in [0.4, 0.5) is 16.2 Å². The summed E-state index contributed by atoms with van der Waals surface area (Å²) in [5.74, 6) is -0.0457. The second-order valence-electron chi connectivity index (χ2n) is 3.52. The number of nitrogens with one attached hydrogen (secondary N) is 2. The van der Waals surface area contributed by atoms with Crippen LogP contribution in [0.2, 0.25) is 0 Å². The van der Waals surface area contributed by atoms with Crippen molar-refractivity contribution < 1.29 is 14.7 Å². The summed E-state index contributed by atoms with van der Waals surface area (Å²) in [6.45, 7) is 0. The molecule has 5 N–H and O–H groups in total. The Kier molecular flexibility index (Phi) is 2.40. The molecule has 2 rings (SSSR count). The number of nitrogens with two attached hydrogens (primary N) is 1. The molecule has 6 nitrogen and oxygen atoms in total. The van der Waals surface area contributed by atoms with E-state index in [2.05, 4.69) is 10.6 Å². The lowest BCUT2D eigenvalue weighted by molar-refractivity contribution is -0.116. The molecule has 0 saturated carbocycles. The number of fused-ring (bicyclic) bond motifs is 1. The van der Waals surface area contributed by atoms with Crippen molar-refractivity contribution in [3.05, 3.63) is 17.7 Å². The summed E-state index contributed by atoms with van der Waals surface area (Å²) in [4.78, 5) is 22.0. The topological polar surface area (TPSA) is 104 Å². The summed E-state index contributed by atoms with van der Waals surface area (Å²) < 4.78 is 0. The summed E-state index contributed by atoms with van der Waals surface area (Å²) in [7, 11) is 0. The van der Waals surface area contributed by atoms with Crippen molar-refractivity contribution in [3.63, 3.8) is 0 Å². The maximum atomic E-state index is 11.2. The highest BCUT2D eigenvalue weighted by atomic mass is 16.3. The lowest BCUT2D eigenvalue weighted by Gasteiger charge is -2.20. The van der Waals surface area contributed by atoms with E-state index in [1.165, 1.54) is 12.1 Å². The highest BCUT2D eigenvalue weighted by Crippen LogP contribution is 2.36. The first-order valence-electron chi connectivity index (χ1n) is 4.79. The van der Waals surface area contributed by atoms with Gasteiger partial charge in [0.15, 0.2) is 0 Å². The molecule has 6 heteroatoms. The van der Waals surface area contributed by atoms with Crippen molar-refractivity contribution in [1.82, 2.24) is 0 Å². The van der Waals surface area contributed by atoms with Gasteiger partial charge < -0.3 is 21.5 Å². The van der Waals surface area contributed by atoms with Crippen molar-refractivity contribution in [1.29, 1.82) is 0 Å². The number of rotatable bonds is 1. The lowest BCUT2D eigenvalue weighted by atomic mass is 10.0. The average Bonchev–Trinajstić information content (AvgIpc) is 2.22. The third-order valence-corrected chi connectivity index (χ3v) is 2.41. The molecule has 0 spiro atoms. The zero-order valence-electron chi connectivity index (χ0n) is 8.41. The molecular formula is C10H11N3O3. The Balaban J connectivity index is 2.47. The van der Waals surface area contributed by atoms with Crippen molar-refractivity contribution in [2.75, 3.05) is 10.6 Å². The summed E-state index contributed by atoms with van der Waals surface area (Å²) in [5, 5.41) is 14.6. The van der Waals surface area contributed by atoms with Gasteiger partial charge in [0.1, 0.15) is 5.75 Å². The highest BCUT2D eigenvalue weighted by molar-refractivity contribution is 6.02. The number of benzene rings is 1. The molecule has 16 heavy (non-hydrogen) atoms. The average molecular weight is 221 g/mol. The number of phenols is 1. The second kappa shape index (κ2) is 3.73. The van der Waals surface area contributed by atoms with Crippen molar-refractivity contribution in [3.8, 4) is 5.75 Å². The van der Waals surface area contributed by atoms with E-state index < -0.39 is 6.03 Å². The first-order chi connectivity index (χ1) is 7.58. The number of phenolic OH excluding ortho intramolecular Hbond substituents is 1. The zero-order valence-corrected chi connectivity index (χ0v) is 8.41. The van der Waals surface area contributed by atoms with E-state index in [0.29, 0.717) is 29.8 Å². The third-order valence-electron chi connectivity index (χ3n) is 2.41.